The lowest BCUT2D eigenvalue weighted by atomic mass is 10.1. The standard InChI is InChI=1S/C22H30N2O6S/c1-15(2)12-24-31(26,27)17-9-10-19(16(3)11-17)30-14-22(25)23-13-18-20(28-4)7-6-8-21(18)29-5/h6-11,15,24H,12-14H2,1-5H3,(H,23,25). The summed E-state index contributed by atoms with van der Waals surface area (Å²) in [4.78, 5) is 12.4. The minimum atomic E-state index is -3.59. The van der Waals surface area contributed by atoms with Gasteiger partial charge in [-0.1, -0.05) is 19.9 Å². The third kappa shape index (κ3) is 6.86. The number of benzene rings is 2. The number of ether oxygens (including phenoxy) is 3. The van der Waals surface area contributed by atoms with Crippen molar-refractivity contribution in [3.8, 4) is 17.2 Å². The molecule has 2 rings (SSSR count). The topological polar surface area (TPSA) is 103 Å². The minimum Gasteiger partial charge on any atom is -0.496 e. The van der Waals surface area contributed by atoms with Gasteiger partial charge in [0.2, 0.25) is 10.0 Å². The van der Waals surface area contributed by atoms with Gasteiger partial charge in [0.25, 0.3) is 5.91 Å². The van der Waals surface area contributed by atoms with Crippen LogP contribution in [0.5, 0.6) is 17.2 Å². The molecule has 0 radical (unpaired) electrons. The number of sulfonamides is 1. The fraction of sp³-hybridized carbons (Fsp3) is 0.409. The maximum atomic E-state index is 12.4. The highest BCUT2D eigenvalue weighted by atomic mass is 32.2. The van der Waals surface area contributed by atoms with Crippen molar-refractivity contribution in [1.82, 2.24) is 10.0 Å². The Morgan fingerprint density at radius 1 is 1.03 bits per heavy atom. The van der Waals surface area contributed by atoms with Crippen molar-refractivity contribution in [2.24, 2.45) is 5.92 Å². The first kappa shape index (κ1) is 24.5. The zero-order valence-corrected chi connectivity index (χ0v) is 19.3. The fourth-order valence-electron chi connectivity index (χ4n) is 2.79. The number of hydrogen-bond donors (Lipinski definition) is 2. The number of carbonyl (C=O) groups excluding carboxylic acids is 1. The molecule has 2 N–H and O–H groups in total. The molecule has 31 heavy (non-hydrogen) atoms. The SMILES string of the molecule is COc1cccc(OC)c1CNC(=O)COc1ccc(S(=O)(=O)NCC(C)C)cc1C. The van der Waals surface area contributed by atoms with Gasteiger partial charge in [0, 0.05) is 6.54 Å². The number of rotatable bonds is 11. The van der Waals surface area contributed by atoms with E-state index < -0.39 is 10.0 Å². The van der Waals surface area contributed by atoms with E-state index in [-0.39, 0.29) is 29.9 Å². The van der Waals surface area contributed by atoms with Gasteiger partial charge in [-0.05, 0) is 48.7 Å². The van der Waals surface area contributed by atoms with Crippen LogP contribution in [-0.2, 0) is 21.4 Å². The van der Waals surface area contributed by atoms with E-state index in [1.807, 2.05) is 13.8 Å². The quantitative estimate of drug-likeness (QED) is 0.546. The average Bonchev–Trinajstić information content (AvgIpc) is 2.75. The molecule has 0 saturated heterocycles. The van der Waals surface area contributed by atoms with E-state index in [9.17, 15) is 13.2 Å². The van der Waals surface area contributed by atoms with Crippen LogP contribution in [0.3, 0.4) is 0 Å². The highest BCUT2D eigenvalue weighted by Crippen LogP contribution is 2.28. The first-order valence-corrected chi connectivity index (χ1v) is 11.4. The van der Waals surface area contributed by atoms with Gasteiger partial charge < -0.3 is 19.5 Å². The predicted molar refractivity (Wildman–Crippen MR) is 118 cm³/mol. The molecule has 170 valence electrons. The molecule has 0 heterocycles. The second kappa shape index (κ2) is 11.0. The maximum absolute atomic E-state index is 12.4. The molecule has 0 aromatic heterocycles. The summed E-state index contributed by atoms with van der Waals surface area (Å²) in [5.41, 5.74) is 1.34. The Morgan fingerprint density at radius 2 is 1.68 bits per heavy atom. The first-order chi connectivity index (χ1) is 14.7. The molecule has 2 aromatic rings. The van der Waals surface area contributed by atoms with E-state index in [0.29, 0.717) is 29.4 Å². The summed E-state index contributed by atoms with van der Waals surface area (Å²) in [5, 5.41) is 2.77. The molecule has 0 bridgehead atoms. The van der Waals surface area contributed by atoms with E-state index in [1.165, 1.54) is 12.1 Å². The number of hydrogen-bond acceptors (Lipinski definition) is 6. The third-order valence-electron chi connectivity index (χ3n) is 4.49. The van der Waals surface area contributed by atoms with E-state index in [1.54, 1.807) is 45.4 Å². The summed E-state index contributed by atoms with van der Waals surface area (Å²) < 4.78 is 43.5. The minimum absolute atomic E-state index is 0.158. The Hall–Kier alpha value is -2.78. The van der Waals surface area contributed by atoms with Crippen molar-refractivity contribution in [2.45, 2.75) is 32.2 Å². The van der Waals surface area contributed by atoms with Gasteiger partial charge in [0.15, 0.2) is 6.61 Å². The van der Waals surface area contributed by atoms with E-state index in [4.69, 9.17) is 14.2 Å². The van der Waals surface area contributed by atoms with Crippen LogP contribution in [0.1, 0.15) is 25.0 Å². The van der Waals surface area contributed by atoms with Crippen LogP contribution in [0.25, 0.3) is 0 Å². The molecule has 9 heteroatoms. The van der Waals surface area contributed by atoms with Crippen LogP contribution in [-0.4, -0.2) is 41.7 Å². The molecule has 0 aliphatic carbocycles. The lowest BCUT2D eigenvalue weighted by molar-refractivity contribution is -0.123. The van der Waals surface area contributed by atoms with Gasteiger partial charge in [0.1, 0.15) is 17.2 Å². The Bertz CT molecular complexity index is 983. The highest BCUT2D eigenvalue weighted by Gasteiger charge is 2.16. The zero-order chi connectivity index (χ0) is 23.0. The molecule has 0 atom stereocenters. The predicted octanol–water partition coefficient (Wildman–Crippen LogP) is 2.64. The van der Waals surface area contributed by atoms with Crippen molar-refractivity contribution >= 4 is 15.9 Å². The Kier molecular flexibility index (Phi) is 8.70. The van der Waals surface area contributed by atoms with Crippen molar-refractivity contribution in [2.75, 3.05) is 27.4 Å². The van der Waals surface area contributed by atoms with Crippen LogP contribution in [0.4, 0.5) is 0 Å². The summed E-state index contributed by atoms with van der Waals surface area (Å²) >= 11 is 0. The first-order valence-electron chi connectivity index (χ1n) is 9.87. The molecule has 8 nitrogen and oxygen atoms in total. The Labute approximate surface area is 184 Å². The zero-order valence-electron chi connectivity index (χ0n) is 18.5. The van der Waals surface area contributed by atoms with Crippen LogP contribution in [0.15, 0.2) is 41.3 Å². The van der Waals surface area contributed by atoms with Gasteiger partial charge in [-0.2, -0.15) is 0 Å². The molecule has 0 spiro atoms. The fourth-order valence-corrected chi connectivity index (χ4v) is 4.09. The van der Waals surface area contributed by atoms with E-state index in [2.05, 4.69) is 10.0 Å². The number of amides is 1. The number of carbonyl (C=O) groups is 1. The van der Waals surface area contributed by atoms with E-state index in [0.717, 1.165) is 5.56 Å². The third-order valence-corrected chi connectivity index (χ3v) is 5.91. The van der Waals surface area contributed by atoms with Gasteiger partial charge in [-0.25, -0.2) is 13.1 Å². The van der Waals surface area contributed by atoms with Crippen molar-refractivity contribution in [1.29, 1.82) is 0 Å². The summed E-state index contributed by atoms with van der Waals surface area (Å²) in [7, 11) is -0.487. The highest BCUT2D eigenvalue weighted by molar-refractivity contribution is 7.89. The normalized spacial score (nSPS) is 11.3. The Balaban J connectivity index is 1.97. The second-order valence-electron chi connectivity index (χ2n) is 7.38. The molecular formula is C22H30N2O6S. The summed E-state index contributed by atoms with van der Waals surface area (Å²) in [6.07, 6.45) is 0. The maximum Gasteiger partial charge on any atom is 0.258 e. The molecule has 2 aromatic carbocycles. The number of nitrogens with one attached hydrogen (secondary N) is 2. The molecule has 0 aliphatic rings. The lowest BCUT2D eigenvalue weighted by Crippen LogP contribution is -2.29. The average molecular weight is 451 g/mol. The molecular weight excluding hydrogens is 420 g/mol. The van der Waals surface area contributed by atoms with Crippen molar-refractivity contribution in [3.63, 3.8) is 0 Å². The molecule has 0 fully saturated rings. The van der Waals surface area contributed by atoms with Gasteiger partial charge in [-0.3, -0.25) is 4.79 Å². The van der Waals surface area contributed by atoms with Gasteiger partial charge >= 0.3 is 0 Å². The van der Waals surface area contributed by atoms with Crippen LogP contribution >= 0.6 is 0 Å². The summed E-state index contributed by atoms with van der Waals surface area (Å²) in [5.74, 6) is 1.53. The van der Waals surface area contributed by atoms with E-state index >= 15 is 0 Å². The van der Waals surface area contributed by atoms with Gasteiger partial charge in [-0.15, -0.1) is 0 Å². The molecule has 0 saturated carbocycles. The van der Waals surface area contributed by atoms with Crippen LogP contribution < -0.4 is 24.2 Å². The molecule has 0 aliphatic heterocycles. The monoisotopic (exact) mass is 450 g/mol. The number of methoxy groups -OCH3 is 2. The van der Waals surface area contributed by atoms with Crippen molar-refractivity contribution < 1.29 is 27.4 Å². The summed E-state index contributed by atoms with van der Waals surface area (Å²) in [6, 6.07) is 9.91. The second-order valence-corrected chi connectivity index (χ2v) is 9.15. The number of aryl methyl sites for hydroxylation is 1. The molecule has 1 amide bonds. The van der Waals surface area contributed by atoms with Crippen LogP contribution in [0, 0.1) is 12.8 Å². The smallest absolute Gasteiger partial charge is 0.258 e. The van der Waals surface area contributed by atoms with Crippen LogP contribution in [0.2, 0.25) is 0 Å². The molecule has 0 unspecified atom stereocenters. The summed E-state index contributed by atoms with van der Waals surface area (Å²) in [6.45, 7) is 5.95. The van der Waals surface area contributed by atoms with Crippen molar-refractivity contribution in [3.05, 3.63) is 47.5 Å². The Morgan fingerprint density at radius 3 is 2.23 bits per heavy atom. The largest absolute Gasteiger partial charge is 0.496 e. The van der Waals surface area contributed by atoms with Gasteiger partial charge in [0.05, 0.1) is 31.2 Å². The lowest BCUT2D eigenvalue weighted by Gasteiger charge is -2.14.